The summed E-state index contributed by atoms with van der Waals surface area (Å²) in [5.41, 5.74) is 1.24. The smallest absolute Gasteiger partial charge is 0.161 e. The van der Waals surface area contributed by atoms with Gasteiger partial charge >= 0.3 is 0 Å². The van der Waals surface area contributed by atoms with Crippen molar-refractivity contribution >= 4 is 11.6 Å². The van der Waals surface area contributed by atoms with Gasteiger partial charge in [-0.3, -0.25) is 4.68 Å². The van der Waals surface area contributed by atoms with Crippen molar-refractivity contribution in [3.8, 4) is 5.75 Å². The molecule has 1 aromatic carbocycles. The molecule has 0 aliphatic rings. The Morgan fingerprint density at radius 2 is 2.10 bits per heavy atom. The molecular weight excluding hydrogens is 293 g/mol. The van der Waals surface area contributed by atoms with E-state index in [-0.39, 0.29) is 11.9 Å². The van der Waals surface area contributed by atoms with Gasteiger partial charge < -0.3 is 10.1 Å². The molecule has 6 heteroatoms. The molecular formula is C15H19ClFN3O. The summed E-state index contributed by atoms with van der Waals surface area (Å²) < 4.78 is 21.4. The minimum atomic E-state index is -0.399. The standard InChI is InChI=1S/C15H19ClFN3O/c1-9(2)20-15(13(21-4)8-19-20)14(18-3)11-7-10(16)5-6-12(11)17/h5-9,14,18H,1-4H3. The van der Waals surface area contributed by atoms with Gasteiger partial charge in [0.15, 0.2) is 5.75 Å². The van der Waals surface area contributed by atoms with Crippen molar-refractivity contribution in [1.29, 1.82) is 0 Å². The van der Waals surface area contributed by atoms with Crippen molar-refractivity contribution in [2.45, 2.75) is 25.9 Å². The summed E-state index contributed by atoms with van der Waals surface area (Å²) in [6.45, 7) is 4.02. The Morgan fingerprint density at radius 3 is 2.67 bits per heavy atom. The Balaban J connectivity index is 2.61. The molecule has 0 saturated heterocycles. The van der Waals surface area contributed by atoms with Crippen molar-refractivity contribution in [1.82, 2.24) is 15.1 Å². The average molecular weight is 312 g/mol. The monoisotopic (exact) mass is 311 g/mol. The topological polar surface area (TPSA) is 39.1 Å². The lowest BCUT2D eigenvalue weighted by atomic mass is 10.0. The van der Waals surface area contributed by atoms with Gasteiger partial charge in [0.1, 0.15) is 11.5 Å². The molecule has 1 unspecified atom stereocenters. The van der Waals surface area contributed by atoms with Gasteiger partial charge in [-0.1, -0.05) is 11.6 Å². The molecule has 0 aliphatic carbocycles. The van der Waals surface area contributed by atoms with Gasteiger partial charge in [0, 0.05) is 16.6 Å². The van der Waals surface area contributed by atoms with Crippen LogP contribution in [0, 0.1) is 5.82 Å². The number of hydrogen-bond acceptors (Lipinski definition) is 3. The van der Waals surface area contributed by atoms with Gasteiger partial charge in [0.05, 0.1) is 19.3 Å². The van der Waals surface area contributed by atoms with E-state index in [1.165, 1.54) is 12.1 Å². The summed E-state index contributed by atoms with van der Waals surface area (Å²) in [5.74, 6) is 0.291. The summed E-state index contributed by atoms with van der Waals surface area (Å²) in [7, 11) is 3.34. The number of methoxy groups -OCH3 is 1. The van der Waals surface area contributed by atoms with E-state index in [0.717, 1.165) is 5.69 Å². The van der Waals surface area contributed by atoms with E-state index < -0.39 is 6.04 Å². The maximum Gasteiger partial charge on any atom is 0.161 e. The van der Waals surface area contributed by atoms with Crippen LogP contribution in [-0.2, 0) is 0 Å². The second kappa shape index (κ2) is 6.45. The molecule has 21 heavy (non-hydrogen) atoms. The van der Waals surface area contributed by atoms with Crippen molar-refractivity contribution in [3.05, 3.63) is 46.5 Å². The molecule has 0 spiro atoms. The Morgan fingerprint density at radius 1 is 1.38 bits per heavy atom. The van der Waals surface area contributed by atoms with Gasteiger partial charge in [0.2, 0.25) is 0 Å². The molecule has 0 amide bonds. The first-order valence-corrected chi connectivity index (χ1v) is 7.11. The first-order valence-electron chi connectivity index (χ1n) is 6.73. The van der Waals surface area contributed by atoms with Gasteiger partial charge in [-0.25, -0.2) is 4.39 Å². The minimum absolute atomic E-state index is 0.127. The zero-order valence-corrected chi connectivity index (χ0v) is 13.3. The largest absolute Gasteiger partial charge is 0.493 e. The minimum Gasteiger partial charge on any atom is -0.493 e. The van der Waals surface area contributed by atoms with Crippen LogP contribution in [0.4, 0.5) is 4.39 Å². The van der Waals surface area contributed by atoms with Crippen LogP contribution in [0.5, 0.6) is 5.75 Å². The number of nitrogens with zero attached hydrogens (tertiary/aromatic N) is 2. The van der Waals surface area contributed by atoms with Crippen molar-refractivity contribution < 1.29 is 9.13 Å². The summed E-state index contributed by atoms with van der Waals surface area (Å²) in [4.78, 5) is 0. The highest BCUT2D eigenvalue weighted by molar-refractivity contribution is 6.30. The molecule has 1 aromatic heterocycles. The number of nitrogens with one attached hydrogen (secondary N) is 1. The number of rotatable bonds is 5. The maximum absolute atomic E-state index is 14.2. The molecule has 0 aliphatic heterocycles. The number of ether oxygens (including phenoxy) is 1. The van der Waals surface area contributed by atoms with Crippen molar-refractivity contribution in [2.75, 3.05) is 14.2 Å². The lowest BCUT2D eigenvalue weighted by Crippen LogP contribution is -2.24. The Hall–Kier alpha value is -1.59. The van der Waals surface area contributed by atoms with Crippen molar-refractivity contribution in [3.63, 3.8) is 0 Å². The molecule has 0 fully saturated rings. The predicted octanol–water partition coefficient (Wildman–Crippen LogP) is 3.57. The first-order chi connectivity index (χ1) is 9.99. The van der Waals surface area contributed by atoms with Gasteiger partial charge in [-0.2, -0.15) is 5.10 Å². The highest BCUT2D eigenvalue weighted by Crippen LogP contribution is 2.33. The first kappa shape index (κ1) is 15.8. The number of benzene rings is 1. The van der Waals surface area contributed by atoms with Gasteiger partial charge in [0.25, 0.3) is 0 Å². The van der Waals surface area contributed by atoms with E-state index in [4.69, 9.17) is 16.3 Å². The van der Waals surface area contributed by atoms with Crippen LogP contribution < -0.4 is 10.1 Å². The van der Waals surface area contributed by atoms with E-state index in [1.807, 2.05) is 18.5 Å². The number of aromatic nitrogens is 2. The molecule has 0 radical (unpaired) electrons. The van der Waals surface area contributed by atoms with E-state index in [1.54, 1.807) is 26.4 Å². The van der Waals surface area contributed by atoms with Crippen LogP contribution in [0.3, 0.4) is 0 Å². The fourth-order valence-corrected chi connectivity index (χ4v) is 2.56. The lowest BCUT2D eigenvalue weighted by Gasteiger charge is -2.22. The van der Waals surface area contributed by atoms with Crippen LogP contribution in [0.1, 0.15) is 37.2 Å². The molecule has 4 nitrogen and oxygen atoms in total. The van der Waals surface area contributed by atoms with Crippen LogP contribution >= 0.6 is 11.6 Å². The fourth-order valence-electron chi connectivity index (χ4n) is 2.37. The van der Waals surface area contributed by atoms with Gasteiger partial charge in [-0.15, -0.1) is 0 Å². The summed E-state index contributed by atoms with van der Waals surface area (Å²) in [6, 6.07) is 4.25. The highest BCUT2D eigenvalue weighted by atomic mass is 35.5. The summed E-state index contributed by atoms with van der Waals surface area (Å²) in [6.07, 6.45) is 1.64. The Bertz CT molecular complexity index is 627. The normalized spacial score (nSPS) is 12.7. The quantitative estimate of drug-likeness (QED) is 0.917. The lowest BCUT2D eigenvalue weighted by molar-refractivity contribution is 0.394. The summed E-state index contributed by atoms with van der Waals surface area (Å²) >= 11 is 6.01. The molecule has 2 rings (SSSR count). The molecule has 1 heterocycles. The third-order valence-corrected chi connectivity index (χ3v) is 3.57. The second-order valence-electron chi connectivity index (χ2n) is 5.02. The fraction of sp³-hybridized carbons (Fsp3) is 0.400. The molecule has 114 valence electrons. The Labute approximate surface area is 128 Å². The van der Waals surface area contributed by atoms with E-state index in [9.17, 15) is 4.39 Å². The predicted molar refractivity (Wildman–Crippen MR) is 81.5 cm³/mol. The summed E-state index contributed by atoms with van der Waals surface area (Å²) in [5, 5.41) is 7.94. The number of hydrogen-bond donors (Lipinski definition) is 1. The van der Waals surface area contributed by atoms with Crippen LogP contribution in [-0.4, -0.2) is 23.9 Å². The zero-order valence-electron chi connectivity index (χ0n) is 12.5. The Kier molecular flexibility index (Phi) is 4.85. The second-order valence-corrected chi connectivity index (χ2v) is 5.46. The van der Waals surface area contributed by atoms with Crippen LogP contribution in [0.25, 0.3) is 0 Å². The van der Waals surface area contributed by atoms with E-state index in [2.05, 4.69) is 10.4 Å². The van der Waals surface area contributed by atoms with Crippen LogP contribution in [0.2, 0.25) is 5.02 Å². The molecule has 1 N–H and O–H groups in total. The van der Waals surface area contributed by atoms with E-state index in [0.29, 0.717) is 16.3 Å². The maximum atomic E-state index is 14.2. The third-order valence-electron chi connectivity index (χ3n) is 3.34. The van der Waals surface area contributed by atoms with E-state index >= 15 is 0 Å². The van der Waals surface area contributed by atoms with Crippen LogP contribution in [0.15, 0.2) is 24.4 Å². The number of halogens is 2. The zero-order chi connectivity index (χ0) is 15.6. The average Bonchev–Trinajstić information content (AvgIpc) is 2.87. The molecule has 0 bridgehead atoms. The molecule has 1 atom stereocenters. The van der Waals surface area contributed by atoms with Crippen molar-refractivity contribution in [2.24, 2.45) is 0 Å². The van der Waals surface area contributed by atoms with Gasteiger partial charge in [-0.05, 0) is 39.1 Å². The SMILES string of the molecule is CNC(c1cc(Cl)ccc1F)c1c(OC)cnn1C(C)C. The molecule has 2 aromatic rings. The third kappa shape index (κ3) is 3.04. The molecule has 0 saturated carbocycles. The highest BCUT2D eigenvalue weighted by Gasteiger charge is 2.26.